The maximum Gasteiger partial charge on any atom is 0.150 e. The third-order valence-corrected chi connectivity index (χ3v) is 7.98. The molecule has 0 saturated carbocycles. The monoisotopic (exact) mass is 363 g/mol. The number of rotatable bonds is 3. The Bertz CT molecular complexity index is 703. The van der Waals surface area contributed by atoms with Crippen LogP contribution in [0.5, 0.6) is 0 Å². The standard InChI is InChI=1S/C19H29N3O2S/c23-25(24)14-8-17(9-15-25)21-11-6-18(7-12-21)22-13-10-20-19(22)16-4-2-1-3-5-16/h1-2,10,13,16-18H,3-9,11-12,14-15H2. The van der Waals surface area contributed by atoms with Crippen molar-refractivity contribution in [2.45, 2.75) is 62.9 Å². The van der Waals surface area contributed by atoms with Gasteiger partial charge in [0, 0.05) is 43.5 Å². The first-order chi connectivity index (χ1) is 12.1. The maximum atomic E-state index is 11.6. The molecule has 1 aromatic heterocycles. The summed E-state index contributed by atoms with van der Waals surface area (Å²) in [6, 6.07) is 1.02. The normalized spacial score (nSPS) is 29.0. The molecule has 1 atom stereocenters. The fraction of sp³-hybridized carbons (Fsp3) is 0.737. The van der Waals surface area contributed by atoms with E-state index in [1.807, 2.05) is 6.20 Å². The first-order valence-corrected chi connectivity index (χ1v) is 11.6. The van der Waals surface area contributed by atoms with Crippen molar-refractivity contribution in [2.75, 3.05) is 24.6 Å². The van der Waals surface area contributed by atoms with E-state index in [0.29, 0.717) is 29.5 Å². The predicted molar refractivity (Wildman–Crippen MR) is 99.5 cm³/mol. The van der Waals surface area contributed by atoms with Gasteiger partial charge in [-0.3, -0.25) is 0 Å². The van der Waals surface area contributed by atoms with Crippen LogP contribution >= 0.6 is 0 Å². The first kappa shape index (κ1) is 17.3. The van der Waals surface area contributed by atoms with Crippen LogP contribution in [0.3, 0.4) is 0 Å². The molecular weight excluding hydrogens is 334 g/mol. The van der Waals surface area contributed by atoms with E-state index in [0.717, 1.165) is 45.2 Å². The predicted octanol–water partition coefficient (Wildman–Crippen LogP) is 2.92. The minimum absolute atomic E-state index is 0.373. The number of imidazole rings is 1. The van der Waals surface area contributed by atoms with E-state index in [1.54, 1.807) is 0 Å². The van der Waals surface area contributed by atoms with Crippen LogP contribution in [-0.4, -0.2) is 53.5 Å². The molecule has 0 radical (unpaired) electrons. The van der Waals surface area contributed by atoms with E-state index in [2.05, 4.69) is 32.8 Å². The van der Waals surface area contributed by atoms with Crippen molar-refractivity contribution >= 4 is 9.84 Å². The molecular formula is C19H29N3O2S. The van der Waals surface area contributed by atoms with Gasteiger partial charge in [0.25, 0.3) is 0 Å². The highest BCUT2D eigenvalue weighted by atomic mass is 32.2. The van der Waals surface area contributed by atoms with Gasteiger partial charge in [-0.25, -0.2) is 13.4 Å². The largest absolute Gasteiger partial charge is 0.332 e. The molecule has 5 nitrogen and oxygen atoms in total. The van der Waals surface area contributed by atoms with Gasteiger partial charge in [-0.05, 0) is 44.9 Å². The molecule has 6 heteroatoms. The van der Waals surface area contributed by atoms with E-state index in [1.165, 1.54) is 18.7 Å². The molecule has 1 aliphatic carbocycles. The van der Waals surface area contributed by atoms with Crippen molar-refractivity contribution in [2.24, 2.45) is 0 Å². The van der Waals surface area contributed by atoms with E-state index in [9.17, 15) is 8.42 Å². The zero-order valence-corrected chi connectivity index (χ0v) is 15.7. The number of hydrogen-bond donors (Lipinski definition) is 0. The van der Waals surface area contributed by atoms with Crippen molar-refractivity contribution < 1.29 is 8.42 Å². The van der Waals surface area contributed by atoms with Gasteiger partial charge in [0.1, 0.15) is 15.7 Å². The molecule has 0 bridgehead atoms. The van der Waals surface area contributed by atoms with Gasteiger partial charge < -0.3 is 9.47 Å². The Morgan fingerprint density at radius 3 is 2.40 bits per heavy atom. The highest BCUT2D eigenvalue weighted by Gasteiger charge is 2.31. The molecule has 1 unspecified atom stereocenters. The molecule has 2 saturated heterocycles. The molecule has 25 heavy (non-hydrogen) atoms. The highest BCUT2D eigenvalue weighted by molar-refractivity contribution is 7.91. The van der Waals surface area contributed by atoms with Crippen LogP contribution < -0.4 is 0 Å². The van der Waals surface area contributed by atoms with E-state index < -0.39 is 9.84 Å². The zero-order chi connectivity index (χ0) is 17.3. The number of hydrogen-bond acceptors (Lipinski definition) is 4. The number of nitrogens with zero attached hydrogens (tertiary/aromatic N) is 3. The number of allylic oxidation sites excluding steroid dienone is 2. The van der Waals surface area contributed by atoms with Crippen molar-refractivity contribution in [1.29, 1.82) is 0 Å². The second-order valence-corrected chi connectivity index (χ2v) is 10.1. The highest BCUT2D eigenvalue weighted by Crippen LogP contribution is 2.33. The number of aromatic nitrogens is 2. The molecule has 3 heterocycles. The van der Waals surface area contributed by atoms with Gasteiger partial charge in [-0.15, -0.1) is 0 Å². The lowest BCUT2D eigenvalue weighted by Gasteiger charge is -2.40. The molecule has 2 aliphatic heterocycles. The molecule has 3 aliphatic rings. The summed E-state index contributed by atoms with van der Waals surface area (Å²) in [5, 5.41) is 0. The second-order valence-electron chi connectivity index (χ2n) is 7.82. The molecule has 0 spiro atoms. The van der Waals surface area contributed by atoms with Crippen LogP contribution in [0.1, 0.15) is 62.7 Å². The molecule has 138 valence electrons. The van der Waals surface area contributed by atoms with Crippen LogP contribution in [0.25, 0.3) is 0 Å². The van der Waals surface area contributed by atoms with Crippen molar-refractivity contribution in [3.8, 4) is 0 Å². The lowest BCUT2D eigenvalue weighted by Crippen LogP contribution is -2.45. The first-order valence-electron chi connectivity index (χ1n) is 9.74. The average molecular weight is 364 g/mol. The minimum Gasteiger partial charge on any atom is -0.332 e. The summed E-state index contributed by atoms with van der Waals surface area (Å²) in [7, 11) is -2.76. The molecule has 0 amide bonds. The summed E-state index contributed by atoms with van der Waals surface area (Å²) in [4.78, 5) is 7.22. The third kappa shape index (κ3) is 3.85. The Labute approximate surface area is 151 Å². The Morgan fingerprint density at radius 1 is 0.960 bits per heavy atom. The van der Waals surface area contributed by atoms with Gasteiger partial charge in [-0.2, -0.15) is 0 Å². The Hall–Kier alpha value is -1.14. The van der Waals surface area contributed by atoms with E-state index >= 15 is 0 Å². The van der Waals surface area contributed by atoms with Crippen LogP contribution in [0.15, 0.2) is 24.5 Å². The topological polar surface area (TPSA) is 55.2 Å². The van der Waals surface area contributed by atoms with Crippen LogP contribution in [0.2, 0.25) is 0 Å². The zero-order valence-electron chi connectivity index (χ0n) is 14.9. The molecule has 4 rings (SSSR count). The van der Waals surface area contributed by atoms with E-state index in [4.69, 9.17) is 0 Å². The average Bonchev–Trinajstić information content (AvgIpc) is 3.12. The maximum absolute atomic E-state index is 11.6. The van der Waals surface area contributed by atoms with E-state index in [-0.39, 0.29) is 0 Å². The van der Waals surface area contributed by atoms with Crippen molar-refractivity contribution in [3.63, 3.8) is 0 Å². The molecule has 1 aromatic rings. The summed E-state index contributed by atoms with van der Waals surface area (Å²) >= 11 is 0. The fourth-order valence-corrected chi connectivity index (χ4v) is 6.22. The van der Waals surface area contributed by atoms with Gasteiger partial charge in [0.05, 0.1) is 11.5 Å². The lowest BCUT2D eigenvalue weighted by atomic mass is 9.93. The Kier molecular flexibility index (Phi) is 5.00. The molecule has 0 N–H and O–H groups in total. The summed E-state index contributed by atoms with van der Waals surface area (Å²) in [6.07, 6.45) is 16.1. The minimum atomic E-state index is -2.76. The third-order valence-electron chi connectivity index (χ3n) is 6.27. The van der Waals surface area contributed by atoms with Crippen LogP contribution in [0.4, 0.5) is 0 Å². The molecule has 2 fully saturated rings. The van der Waals surface area contributed by atoms with Gasteiger partial charge in [0.2, 0.25) is 0 Å². The lowest BCUT2D eigenvalue weighted by molar-refractivity contribution is 0.125. The SMILES string of the molecule is O=S1(=O)CCC(N2CCC(n3ccnc3C3CC=CCC3)CC2)CC1. The van der Waals surface area contributed by atoms with Crippen LogP contribution in [-0.2, 0) is 9.84 Å². The quantitative estimate of drug-likeness (QED) is 0.775. The number of piperidine rings is 1. The molecule has 0 aromatic carbocycles. The summed E-state index contributed by atoms with van der Waals surface area (Å²) in [6.45, 7) is 2.16. The Balaban J connectivity index is 1.36. The summed E-state index contributed by atoms with van der Waals surface area (Å²) < 4.78 is 25.7. The second kappa shape index (κ2) is 7.23. The number of likely N-dealkylation sites (tertiary alicyclic amines) is 1. The van der Waals surface area contributed by atoms with Gasteiger partial charge in [0.15, 0.2) is 0 Å². The number of sulfone groups is 1. The van der Waals surface area contributed by atoms with Crippen LogP contribution in [0, 0.1) is 0 Å². The smallest absolute Gasteiger partial charge is 0.150 e. The summed E-state index contributed by atoms with van der Waals surface area (Å²) in [5.41, 5.74) is 0. The Morgan fingerprint density at radius 2 is 1.72 bits per heavy atom. The fourth-order valence-electron chi connectivity index (χ4n) is 4.75. The van der Waals surface area contributed by atoms with Crippen molar-refractivity contribution in [1.82, 2.24) is 14.5 Å². The summed E-state index contributed by atoms with van der Waals surface area (Å²) in [5.74, 6) is 2.59. The van der Waals surface area contributed by atoms with Crippen molar-refractivity contribution in [3.05, 3.63) is 30.4 Å². The van der Waals surface area contributed by atoms with Gasteiger partial charge >= 0.3 is 0 Å². The van der Waals surface area contributed by atoms with Gasteiger partial charge in [-0.1, -0.05) is 12.2 Å².